The second-order valence-corrected chi connectivity index (χ2v) is 9.51. The maximum Gasteiger partial charge on any atom is 0.338 e. The third-order valence-corrected chi connectivity index (χ3v) is 6.54. The van der Waals surface area contributed by atoms with Crippen LogP contribution in [0.4, 0.5) is 5.69 Å². The summed E-state index contributed by atoms with van der Waals surface area (Å²) in [5, 5.41) is 2.89. The predicted molar refractivity (Wildman–Crippen MR) is 115 cm³/mol. The maximum absolute atomic E-state index is 13.1. The van der Waals surface area contributed by atoms with E-state index in [9.17, 15) is 18.0 Å². The highest BCUT2D eigenvalue weighted by atomic mass is 32.2. The Bertz CT molecular complexity index is 960. The molecule has 1 N–H and O–H groups in total. The molecule has 0 spiro atoms. The van der Waals surface area contributed by atoms with Crippen molar-refractivity contribution in [3.05, 3.63) is 65.7 Å². The minimum atomic E-state index is -3.05. The van der Waals surface area contributed by atoms with Crippen LogP contribution in [0.1, 0.15) is 35.3 Å². The van der Waals surface area contributed by atoms with E-state index < -0.39 is 21.8 Å². The van der Waals surface area contributed by atoms with Crippen molar-refractivity contribution in [2.24, 2.45) is 0 Å². The van der Waals surface area contributed by atoms with Crippen LogP contribution in [-0.4, -0.2) is 56.4 Å². The van der Waals surface area contributed by atoms with Crippen LogP contribution in [0.3, 0.4) is 0 Å². The van der Waals surface area contributed by atoms with E-state index in [2.05, 4.69) is 5.32 Å². The van der Waals surface area contributed by atoms with E-state index in [0.717, 1.165) is 12.0 Å². The van der Waals surface area contributed by atoms with Gasteiger partial charge in [-0.3, -0.25) is 9.69 Å². The molecule has 30 heavy (non-hydrogen) atoms. The number of amides is 1. The van der Waals surface area contributed by atoms with Crippen LogP contribution in [0.25, 0.3) is 0 Å². The molecule has 0 aromatic heterocycles. The topological polar surface area (TPSA) is 92.8 Å². The molecule has 1 heterocycles. The molecule has 2 aromatic rings. The number of carbonyl (C=O) groups excluding carboxylic acids is 2. The van der Waals surface area contributed by atoms with Gasteiger partial charge in [-0.1, -0.05) is 37.3 Å². The Morgan fingerprint density at radius 1 is 1.03 bits per heavy atom. The van der Waals surface area contributed by atoms with Crippen molar-refractivity contribution in [3.63, 3.8) is 0 Å². The zero-order valence-corrected chi connectivity index (χ0v) is 17.7. The number of esters is 1. The quantitative estimate of drug-likeness (QED) is 0.679. The Morgan fingerprint density at radius 2 is 1.67 bits per heavy atom. The second-order valence-electron chi connectivity index (χ2n) is 7.20. The van der Waals surface area contributed by atoms with Crippen LogP contribution in [0.2, 0.25) is 0 Å². The summed E-state index contributed by atoms with van der Waals surface area (Å²) in [6, 6.07) is 15.2. The minimum Gasteiger partial charge on any atom is -0.462 e. The number of hydrogen-bond acceptors (Lipinski definition) is 6. The Balaban J connectivity index is 1.74. The van der Waals surface area contributed by atoms with E-state index in [-0.39, 0.29) is 17.4 Å². The zero-order valence-electron chi connectivity index (χ0n) is 16.9. The first kappa shape index (κ1) is 22.0. The van der Waals surface area contributed by atoms with Gasteiger partial charge in [-0.2, -0.15) is 0 Å². The third-order valence-electron chi connectivity index (χ3n) is 4.93. The zero-order chi connectivity index (χ0) is 21.6. The molecule has 1 saturated heterocycles. The van der Waals surface area contributed by atoms with Gasteiger partial charge in [0.25, 0.3) is 0 Å². The lowest BCUT2D eigenvalue weighted by Crippen LogP contribution is -2.46. The molecule has 8 heteroatoms. The Hall–Kier alpha value is -2.71. The van der Waals surface area contributed by atoms with Crippen LogP contribution in [0.15, 0.2) is 54.6 Å². The predicted octanol–water partition coefficient (Wildman–Crippen LogP) is 2.66. The molecule has 160 valence electrons. The second kappa shape index (κ2) is 9.86. The summed E-state index contributed by atoms with van der Waals surface area (Å²) in [7, 11) is -3.05. The number of ether oxygens (including phenoxy) is 1. The van der Waals surface area contributed by atoms with Gasteiger partial charge in [-0.05, 0) is 36.2 Å². The van der Waals surface area contributed by atoms with Gasteiger partial charge in [0.2, 0.25) is 5.91 Å². The summed E-state index contributed by atoms with van der Waals surface area (Å²) >= 11 is 0. The molecule has 1 atom stereocenters. The normalized spacial score (nSPS) is 17.1. The molecule has 1 aliphatic heterocycles. The standard InChI is InChI=1S/C22H26N2O5S/c1-2-14-29-22(26)18-8-10-19(11-9-18)23-21(25)20(17-6-4-3-5-7-17)24-12-15-30(27,28)16-13-24/h3-11,20H,2,12-16H2,1H3,(H,23,25). The molecule has 0 bridgehead atoms. The lowest BCUT2D eigenvalue weighted by atomic mass is 10.0. The third kappa shape index (κ3) is 5.67. The average Bonchev–Trinajstić information content (AvgIpc) is 2.74. The van der Waals surface area contributed by atoms with E-state index >= 15 is 0 Å². The average molecular weight is 431 g/mol. The fourth-order valence-electron chi connectivity index (χ4n) is 3.33. The first-order valence-electron chi connectivity index (χ1n) is 9.97. The first-order chi connectivity index (χ1) is 14.4. The van der Waals surface area contributed by atoms with Gasteiger partial charge in [0.15, 0.2) is 9.84 Å². The van der Waals surface area contributed by atoms with Crippen LogP contribution in [0, 0.1) is 0 Å². The number of carbonyl (C=O) groups is 2. The number of anilines is 1. The molecule has 0 aliphatic carbocycles. The molecule has 0 saturated carbocycles. The Labute approximate surface area is 177 Å². The van der Waals surface area contributed by atoms with Crippen LogP contribution in [0.5, 0.6) is 0 Å². The van der Waals surface area contributed by atoms with Gasteiger partial charge in [-0.25, -0.2) is 13.2 Å². The largest absolute Gasteiger partial charge is 0.462 e. The van der Waals surface area contributed by atoms with Crippen molar-refractivity contribution >= 4 is 27.4 Å². The number of nitrogens with zero attached hydrogens (tertiary/aromatic N) is 1. The Morgan fingerprint density at radius 3 is 2.27 bits per heavy atom. The smallest absolute Gasteiger partial charge is 0.338 e. The van der Waals surface area contributed by atoms with Gasteiger partial charge < -0.3 is 10.1 Å². The van der Waals surface area contributed by atoms with Gasteiger partial charge in [0, 0.05) is 18.8 Å². The van der Waals surface area contributed by atoms with Crippen LogP contribution < -0.4 is 5.32 Å². The van der Waals surface area contributed by atoms with Crippen molar-refractivity contribution in [1.29, 1.82) is 0 Å². The molecule has 1 amide bonds. The van der Waals surface area contributed by atoms with E-state index in [4.69, 9.17) is 4.74 Å². The number of benzene rings is 2. The first-order valence-corrected chi connectivity index (χ1v) is 11.8. The molecule has 1 fully saturated rings. The fraction of sp³-hybridized carbons (Fsp3) is 0.364. The number of rotatable bonds is 7. The number of sulfone groups is 1. The summed E-state index contributed by atoms with van der Waals surface area (Å²) in [4.78, 5) is 27.0. The van der Waals surface area contributed by atoms with Crippen molar-refractivity contribution in [2.75, 3.05) is 36.5 Å². The van der Waals surface area contributed by atoms with Gasteiger partial charge in [-0.15, -0.1) is 0 Å². The SMILES string of the molecule is CCCOC(=O)c1ccc(NC(=O)C(c2ccccc2)N2CCS(=O)(=O)CC2)cc1. The van der Waals surface area contributed by atoms with Crippen molar-refractivity contribution < 1.29 is 22.7 Å². The summed E-state index contributed by atoms with van der Waals surface area (Å²) < 4.78 is 28.7. The van der Waals surface area contributed by atoms with E-state index in [1.165, 1.54) is 0 Å². The molecule has 2 aromatic carbocycles. The summed E-state index contributed by atoms with van der Waals surface area (Å²) in [6.07, 6.45) is 0.749. The number of hydrogen-bond donors (Lipinski definition) is 1. The number of nitrogens with one attached hydrogen (secondary N) is 1. The monoisotopic (exact) mass is 430 g/mol. The van der Waals surface area contributed by atoms with E-state index in [0.29, 0.717) is 30.9 Å². The van der Waals surface area contributed by atoms with E-state index in [1.807, 2.05) is 42.2 Å². The highest BCUT2D eigenvalue weighted by molar-refractivity contribution is 7.91. The molecule has 1 unspecified atom stereocenters. The molecule has 3 rings (SSSR count). The highest BCUT2D eigenvalue weighted by Crippen LogP contribution is 2.25. The Kier molecular flexibility index (Phi) is 7.23. The fourth-order valence-corrected chi connectivity index (χ4v) is 4.56. The summed E-state index contributed by atoms with van der Waals surface area (Å²) in [6.45, 7) is 2.89. The van der Waals surface area contributed by atoms with Crippen molar-refractivity contribution in [2.45, 2.75) is 19.4 Å². The van der Waals surface area contributed by atoms with Gasteiger partial charge in [0.05, 0.1) is 23.7 Å². The molecule has 0 radical (unpaired) electrons. The molecular weight excluding hydrogens is 404 g/mol. The van der Waals surface area contributed by atoms with Crippen molar-refractivity contribution in [3.8, 4) is 0 Å². The minimum absolute atomic E-state index is 0.0399. The van der Waals surface area contributed by atoms with Crippen LogP contribution in [-0.2, 0) is 19.4 Å². The lowest BCUT2D eigenvalue weighted by molar-refractivity contribution is -0.121. The highest BCUT2D eigenvalue weighted by Gasteiger charge is 2.32. The van der Waals surface area contributed by atoms with Crippen LogP contribution >= 0.6 is 0 Å². The molecular formula is C22H26N2O5S. The lowest BCUT2D eigenvalue weighted by Gasteiger charge is -2.33. The summed E-state index contributed by atoms with van der Waals surface area (Å²) in [5.41, 5.74) is 1.77. The van der Waals surface area contributed by atoms with Gasteiger partial charge in [0.1, 0.15) is 6.04 Å². The van der Waals surface area contributed by atoms with E-state index in [1.54, 1.807) is 24.3 Å². The molecule has 7 nitrogen and oxygen atoms in total. The summed E-state index contributed by atoms with van der Waals surface area (Å²) in [5.74, 6) is -0.565. The van der Waals surface area contributed by atoms with Crippen molar-refractivity contribution in [1.82, 2.24) is 4.90 Å². The maximum atomic E-state index is 13.1. The molecule has 1 aliphatic rings. The van der Waals surface area contributed by atoms with Gasteiger partial charge >= 0.3 is 5.97 Å².